The zero-order valence-electron chi connectivity index (χ0n) is 9.35. The van der Waals surface area contributed by atoms with Crippen LogP contribution in [-0.2, 0) is 6.54 Å². The highest BCUT2D eigenvalue weighted by Gasteiger charge is 2.39. The maximum absolute atomic E-state index is 9.84. The molecule has 1 fully saturated rings. The first-order valence-electron chi connectivity index (χ1n) is 5.44. The van der Waals surface area contributed by atoms with Gasteiger partial charge in [0.15, 0.2) is 0 Å². The van der Waals surface area contributed by atoms with Gasteiger partial charge in [-0.15, -0.1) is 0 Å². The van der Waals surface area contributed by atoms with Crippen LogP contribution in [0.2, 0.25) is 0 Å². The van der Waals surface area contributed by atoms with E-state index in [-0.39, 0.29) is 11.6 Å². The van der Waals surface area contributed by atoms with Crippen LogP contribution in [0.1, 0.15) is 26.0 Å². The second kappa shape index (κ2) is 3.91. The Hall–Kier alpha value is -0.930. The minimum atomic E-state index is -0.221. The molecule has 15 heavy (non-hydrogen) atoms. The zero-order valence-corrected chi connectivity index (χ0v) is 9.35. The van der Waals surface area contributed by atoms with E-state index in [0.717, 1.165) is 25.2 Å². The van der Waals surface area contributed by atoms with E-state index < -0.39 is 0 Å². The number of aliphatic hydroxyl groups is 1. The highest BCUT2D eigenvalue weighted by molar-refractivity contribution is 5.06. The predicted octanol–water partition coefficient (Wildman–Crippen LogP) is 1.43. The lowest BCUT2D eigenvalue weighted by atomic mass is 9.99. The van der Waals surface area contributed by atoms with Crippen LogP contribution in [0.15, 0.2) is 24.4 Å². The molecule has 1 N–H and O–H groups in total. The highest BCUT2D eigenvalue weighted by Crippen LogP contribution is 2.29. The second-order valence-corrected chi connectivity index (χ2v) is 4.70. The summed E-state index contributed by atoms with van der Waals surface area (Å²) in [4.78, 5) is 6.60. The third-order valence-electron chi connectivity index (χ3n) is 3.38. The molecule has 3 nitrogen and oxygen atoms in total. The third kappa shape index (κ3) is 2.03. The molecule has 1 aromatic heterocycles. The standard InChI is InChI=1S/C12H18N2O/c1-12(2)11(15)6-8-14(12)9-10-5-3-4-7-13-10/h3-5,7,11,15H,6,8-9H2,1-2H3. The van der Waals surface area contributed by atoms with Gasteiger partial charge in [0.2, 0.25) is 0 Å². The molecule has 0 amide bonds. The molecular formula is C12H18N2O. The van der Waals surface area contributed by atoms with E-state index in [9.17, 15) is 5.11 Å². The van der Waals surface area contributed by atoms with Gasteiger partial charge in [0.05, 0.1) is 11.8 Å². The van der Waals surface area contributed by atoms with Gasteiger partial charge in [-0.25, -0.2) is 0 Å². The van der Waals surface area contributed by atoms with Crippen LogP contribution < -0.4 is 0 Å². The summed E-state index contributed by atoms with van der Waals surface area (Å²) in [6.45, 7) is 5.96. The molecule has 2 rings (SSSR count). The van der Waals surface area contributed by atoms with Gasteiger partial charge >= 0.3 is 0 Å². The molecule has 0 spiro atoms. The first-order valence-corrected chi connectivity index (χ1v) is 5.44. The van der Waals surface area contributed by atoms with Crippen LogP contribution in [0, 0.1) is 0 Å². The van der Waals surface area contributed by atoms with Gasteiger partial charge in [0.25, 0.3) is 0 Å². The van der Waals surface area contributed by atoms with Crippen molar-refractivity contribution in [2.45, 2.75) is 38.5 Å². The van der Waals surface area contributed by atoms with Crippen LogP contribution in [0.4, 0.5) is 0 Å². The van der Waals surface area contributed by atoms with Crippen molar-refractivity contribution >= 4 is 0 Å². The first kappa shape index (κ1) is 10.6. The Balaban J connectivity index is 2.08. The van der Waals surface area contributed by atoms with Crippen molar-refractivity contribution in [1.82, 2.24) is 9.88 Å². The number of pyridine rings is 1. The lowest BCUT2D eigenvalue weighted by Crippen LogP contribution is -2.44. The second-order valence-electron chi connectivity index (χ2n) is 4.70. The average Bonchev–Trinajstić information content (AvgIpc) is 2.47. The normalized spacial score (nSPS) is 25.7. The molecule has 1 atom stereocenters. The van der Waals surface area contributed by atoms with Crippen LogP contribution in [0.25, 0.3) is 0 Å². The molecule has 2 heterocycles. The summed E-state index contributed by atoms with van der Waals surface area (Å²) in [5.74, 6) is 0. The summed E-state index contributed by atoms with van der Waals surface area (Å²) in [6.07, 6.45) is 2.45. The molecule has 1 aromatic rings. The van der Waals surface area contributed by atoms with Crippen molar-refractivity contribution in [2.75, 3.05) is 6.54 Å². The predicted molar refractivity (Wildman–Crippen MR) is 59.3 cm³/mol. The smallest absolute Gasteiger partial charge is 0.0730 e. The van der Waals surface area contributed by atoms with E-state index in [1.165, 1.54) is 0 Å². The largest absolute Gasteiger partial charge is 0.391 e. The van der Waals surface area contributed by atoms with E-state index in [2.05, 4.69) is 23.7 Å². The van der Waals surface area contributed by atoms with Crippen molar-refractivity contribution in [1.29, 1.82) is 0 Å². The van der Waals surface area contributed by atoms with Crippen LogP contribution >= 0.6 is 0 Å². The molecular weight excluding hydrogens is 188 g/mol. The Morgan fingerprint density at radius 2 is 2.33 bits per heavy atom. The first-order chi connectivity index (χ1) is 7.10. The molecule has 0 saturated carbocycles. The molecule has 82 valence electrons. The Morgan fingerprint density at radius 1 is 1.53 bits per heavy atom. The molecule has 0 aromatic carbocycles. The Labute approximate surface area is 90.8 Å². The zero-order chi connectivity index (χ0) is 10.9. The fourth-order valence-corrected chi connectivity index (χ4v) is 2.10. The number of aliphatic hydroxyl groups excluding tert-OH is 1. The Morgan fingerprint density at radius 3 is 2.87 bits per heavy atom. The molecule has 1 unspecified atom stereocenters. The number of likely N-dealkylation sites (tertiary alicyclic amines) is 1. The van der Waals surface area contributed by atoms with Gasteiger partial charge in [-0.2, -0.15) is 0 Å². The third-order valence-corrected chi connectivity index (χ3v) is 3.38. The minimum Gasteiger partial charge on any atom is -0.391 e. The lowest BCUT2D eigenvalue weighted by molar-refractivity contribution is 0.0500. The van der Waals surface area contributed by atoms with Crippen LogP contribution in [0.3, 0.4) is 0 Å². The fourth-order valence-electron chi connectivity index (χ4n) is 2.10. The number of hydrogen-bond donors (Lipinski definition) is 1. The van der Waals surface area contributed by atoms with Crippen molar-refractivity contribution in [2.24, 2.45) is 0 Å². The van der Waals surface area contributed by atoms with Gasteiger partial charge < -0.3 is 5.11 Å². The maximum atomic E-state index is 9.84. The molecule has 1 aliphatic heterocycles. The van der Waals surface area contributed by atoms with E-state index in [1.807, 2.05) is 24.4 Å². The van der Waals surface area contributed by atoms with E-state index >= 15 is 0 Å². The Kier molecular flexibility index (Phi) is 2.76. The molecule has 0 bridgehead atoms. The van der Waals surface area contributed by atoms with Crippen molar-refractivity contribution in [3.63, 3.8) is 0 Å². The number of rotatable bonds is 2. The summed E-state index contributed by atoms with van der Waals surface area (Å²) >= 11 is 0. The molecule has 0 aliphatic carbocycles. The van der Waals surface area contributed by atoms with Gasteiger partial charge in [-0.05, 0) is 32.4 Å². The maximum Gasteiger partial charge on any atom is 0.0730 e. The minimum absolute atomic E-state index is 0.127. The topological polar surface area (TPSA) is 36.4 Å². The highest BCUT2D eigenvalue weighted by atomic mass is 16.3. The monoisotopic (exact) mass is 206 g/mol. The van der Waals surface area contributed by atoms with E-state index in [4.69, 9.17) is 0 Å². The molecule has 1 aliphatic rings. The van der Waals surface area contributed by atoms with E-state index in [0.29, 0.717) is 0 Å². The SMILES string of the molecule is CC1(C)C(O)CCN1Cc1ccccn1. The molecule has 0 radical (unpaired) electrons. The Bertz CT molecular complexity index is 324. The van der Waals surface area contributed by atoms with Crippen molar-refractivity contribution < 1.29 is 5.11 Å². The summed E-state index contributed by atoms with van der Waals surface area (Å²) in [5, 5.41) is 9.84. The van der Waals surface area contributed by atoms with Gasteiger partial charge in [-0.1, -0.05) is 6.07 Å². The quantitative estimate of drug-likeness (QED) is 0.795. The summed E-state index contributed by atoms with van der Waals surface area (Å²) in [5.41, 5.74) is 0.942. The van der Waals surface area contributed by atoms with Crippen molar-refractivity contribution in [3.05, 3.63) is 30.1 Å². The van der Waals surface area contributed by atoms with Crippen LogP contribution in [-0.4, -0.2) is 33.2 Å². The average molecular weight is 206 g/mol. The summed E-state index contributed by atoms with van der Waals surface area (Å²) in [6, 6.07) is 5.95. The van der Waals surface area contributed by atoms with E-state index in [1.54, 1.807) is 0 Å². The van der Waals surface area contributed by atoms with Crippen LogP contribution in [0.5, 0.6) is 0 Å². The van der Waals surface area contributed by atoms with Crippen molar-refractivity contribution in [3.8, 4) is 0 Å². The molecule has 1 saturated heterocycles. The summed E-state index contributed by atoms with van der Waals surface area (Å²) in [7, 11) is 0. The summed E-state index contributed by atoms with van der Waals surface area (Å²) < 4.78 is 0. The number of hydrogen-bond acceptors (Lipinski definition) is 3. The number of nitrogens with zero attached hydrogens (tertiary/aromatic N) is 2. The fraction of sp³-hybridized carbons (Fsp3) is 0.583. The molecule has 3 heteroatoms. The van der Waals surface area contributed by atoms with Gasteiger partial charge in [0.1, 0.15) is 0 Å². The van der Waals surface area contributed by atoms with Gasteiger partial charge in [-0.3, -0.25) is 9.88 Å². The number of aromatic nitrogens is 1. The van der Waals surface area contributed by atoms with Gasteiger partial charge in [0, 0.05) is 24.8 Å². The lowest BCUT2D eigenvalue weighted by Gasteiger charge is -2.33.